The number of nitrogens with zero attached hydrogens (tertiary/aromatic N) is 1. The number of aliphatic hydroxyl groups excluding tert-OH is 2. The molecule has 0 aliphatic heterocycles. The fourth-order valence-corrected chi connectivity index (χ4v) is 4.62. The third kappa shape index (κ3) is 9.52. The van der Waals surface area contributed by atoms with Crippen molar-refractivity contribution in [1.29, 1.82) is 0 Å². The van der Waals surface area contributed by atoms with Gasteiger partial charge in [0, 0.05) is 12.4 Å². The molecular formula is C25H45NO2. The van der Waals surface area contributed by atoms with Gasteiger partial charge in [0.2, 0.25) is 0 Å². The smallest absolute Gasteiger partial charge is 0.0573 e. The third-order valence-electron chi connectivity index (χ3n) is 6.54. The van der Waals surface area contributed by atoms with E-state index in [-0.39, 0.29) is 12.2 Å². The molecule has 6 unspecified atom stereocenters. The molecule has 3 heteroatoms. The summed E-state index contributed by atoms with van der Waals surface area (Å²) >= 11 is 0. The van der Waals surface area contributed by atoms with Crippen LogP contribution in [0.1, 0.15) is 80.1 Å². The van der Waals surface area contributed by atoms with Crippen LogP contribution in [0.4, 0.5) is 0 Å². The fourth-order valence-electron chi connectivity index (χ4n) is 4.62. The summed E-state index contributed by atoms with van der Waals surface area (Å²) in [7, 11) is 0. The maximum atomic E-state index is 9.71. The van der Waals surface area contributed by atoms with Crippen LogP contribution in [0.25, 0.3) is 0 Å². The van der Waals surface area contributed by atoms with Crippen LogP contribution >= 0.6 is 0 Å². The van der Waals surface area contributed by atoms with Crippen molar-refractivity contribution in [3.8, 4) is 0 Å². The minimum Gasteiger partial charge on any atom is -0.393 e. The number of pyridine rings is 1. The summed E-state index contributed by atoms with van der Waals surface area (Å²) in [6.45, 7) is 13.3. The molecule has 0 amide bonds. The fraction of sp³-hybridized carbons (Fsp3) is 0.800. The average molecular weight is 392 g/mol. The molecule has 0 spiro atoms. The van der Waals surface area contributed by atoms with Crippen molar-refractivity contribution in [3.63, 3.8) is 0 Å². The molecule has 0 bridgehead atoms. The Balaban J connectivity index is 0.000000219. The third-order valence-corrected chi connectivity index (χ3v) is 6.54. The van der Waals surface area contributed by atoms with Crippen LogP contribution in [0.5, 0.6) is 0 Å². The van der Waals surface area contributed by atoms with Gasteiger partial charge in [-0.05, 0) is 73.3 Å². The topological polar surface area (TPSA) is 53.4 Å². The number of hydrogen-bond acceptors (Lipinski definition) is 3. The zero-order chi connectivity index (χ0) is 21.1. The first kappa shape index (κ1) is 25.1. The zero-order valence-electron chi connectivity index (χ0n) is 19.1. The van der Waals surface area contributed by atoms with Crippen molar-refractivity contribution >= 4 is 0 Å². The van der Waals surface area contributed by atoms with Crippen molar-refractivity contribution in [2.75, 3.05) is 0 Å². The van der Waals surface area contributed by atoms with E-state index in [1.165, 1.54) is 25.7 Å². The summed E-state index contributed by atoms with van der Waals surface area (Å²) in [5, 5.41) is 19.4. The van der Waals surface area contributed by atoms with Crippen molar-refractivity contribution < 1.29 is 10.2 Å². The zero-order valence-corrected chi connectivity index (χ0v) is 19.1. The van der Waals surface area contributed by atoms with E-state index in [9.17, 15) is 10.2 Å². The van der Waals surface area contributed by atoms with Gasteiger partial charge in [-0.1, -0.05) is 60.5 Å². The van der Waals surface area contributed by atoms with Gasteiger partial charge in [0.1, 0.15) is 0 Å². The number of hydrogen-bond donors (Lipinski definition) is 2. The monoisotopic (exact) mass is 391 g/mol. The first-order valence-electron chi connectivity index (χ1n) is 11.4. The molecule has 3 rings (SSSR count). The Bertz CT molecular complexity index is 434. The molecule has 3 nitrogen and oxygen atoms in total. The van der Waals surface area contributed by atoms with Crippen molar-refractivity contribution in [2.45, 2.75) is 92.3 Å². The molecule has 28 heavy (non-hydrogen) atoms. The van der Waals surface area contributed by atoms with E-state index in [2.05, 4.69) is 46.5 Å². The van der Waals surface area contributed by atoms with E-state index in [0.29, 0.717) is 23.7 Å². The summed E-state index contributed by atoms with van der Waals surface area (Å²) < 4.78 is 0. The first-order valence-corrected chi connectivity index (χ1v) is 11.4. The van der Waals surface area contributed by atoms with Crippen LogP contribution < -0.4 is 0 Å². The second-order valence-corrected chi connectivity index (χ2v) is 9.81. The lowest BCUT2D eigenvalue weighted by Gasteiger charge is -2.33. The van der Waals surface area contributed by atoms with Crippen molar-refractivity contribution in [1.82, 2.24) is 4.98 Å². The molecule has 0 saturated heterocycles. The molecule has 1 heterocycles. The summed E-state index contributed by atoms with van der Waals surface area (Å²) in [5.74, 6) is 3.90. The van der Waals surface area contributed by atoms with E-state index >= 15 is 0 Å². The minimum atomic E-state index is -0.0289. The maximum absolute atomic E-state index is 9.71. The predicted molar refractivity (Wildman–Crippen MR) is 119 cm³/mol. The van der Waals surface area contributed by atoms with Gasteiger partial charge in [0.25, 0.3) is 0 Å². The molecule has 1 aromatic rings. The Kier molecular flexibility index (Phi) is 11.9. The summed E-state index contributed by atoms with van der Waals surface area (Å²) in [5.41, 5.74) is 0. The molecule has 162 valence electrons. The molecule has 6 atom stereocenters. The van der Waals surface area contributed by atoms with E-state index < -0.39 is 0 Å². The van der Waals surface area contributed by atoms with E-state index in [1.807, 2.05) is 18.2 Å². The predicted octanol–water partition coefficient (Wildman–Crippen LogP) is 5.96. The van der Waals surface area contributed by atoms with Gasteiger partial charge < -0.3 is 10.2 Å². The van der Waals surface area contributed by atoms with Crippen LogP contribution in [0, 0.1) is 35.5 Å². The second-order valence-electron chi connectivity index (χ2n) is 9.81. The van der Waals surface area contributed by atoms with Crippen LogP contribution in [-0.2, 0) is 0 Å². The SMILES string of the molecule is CC1CCC(C(C)C)C(O)C1.CC1CCC(C(C)C)C(O)C1.c1ccncc1. The maximum Gasteiger partial charge on any atom is 0.0573 e. The lowest BCUT2D eigenvalue weighted by Crippen LogP contribution is -2.31. The Morgan fingerprint density at radius 3 is 1.29 bits per heavy atom. The van der Waals surface area contributed by atoms with Gasteiger partial charge >= 0.3 is 0 Å². The molecule has 2 N–H and O–H groups in total. The second kappa shape index (κ2) is 13.3. The Labute approximate surface area is 174 Å². The Hall–Kier alpha value is -0.930. The molecule has 2 aliphatic carbocycles. The average Bonchev–Trinajstić information content (AvgIpc) is 2.63. The lowest BCUT2D eigenvalue weighted by molar-refractivity contribution is 0.0263. The highest BCUT2D eigenvalue weighted by atomic mass is 16.3. The highest BCUT2D eigenvalue weighted by Crippen LogP contribution is 2.33. The van der Waals surface area contributed by atoms with Gasteiger partial charge in [0.15, 0.2) is 0 Å². The van der Waals surface area contributed by atoms with Gasteiger partial charge in [-0.3, -0.25) is 4.98 Å². The van der Waals surface area contributed by atoms with E-state index in [1.54, 1.807) is 12.4 Å². The highest BCUT2D eigenvalue weighted by molar-refractivity contribution is 4.88. The number of rotatable bonds is 2. The van der Waals surface area contributed by atoms with Gasteiger partial charge in [0.05, 0.1) is 12.2 Å². The standard InChI is InChI=1S/2C10H20O.C5H5N/c2*1-7(2)9-5-4-8(3)6-10(9)11;1-2-4-6-5-3-1/h2*7-11H,4-6H2,1-3H3;1-5H. The van der Waals surface area contributed by atoms with Gasteiger partial charge in [-0.15, -0.1) is 0 Å². The van der Waals surface area contributed by atoms with E-state index in [4.69, 9.17) is 0 Å². The van der Waals surface area contributed by atoms with Crippen LogP contribution in [-0.4, -0.2) is 27.4 Å². The molecule has 2 fully saturated rings. The molecule has 0 radical (unpaired) electrons. The summed E-state index contributed by atoms with van der Waals surface area (Å²) in [6, 6.07) is 5.72. The van der Waals surface area contributed by atoms with Gasteiger partial charge in [-0.25, -0.2) is 0 Å². The Morgan fingerprint density at radius 2 is 1.07 bits per heavy atom. The first-order chi connectivity index (χ1) is 13.2. The van der Waals surface area contributed by atoms with Crippen molar-refractivity contribution in [3.05, 3.63) is 30.6 Å². The number of aromatic nitrogens is 1. The molecule has 2 aliphatic rings. The lowest BCUT2D eigenvalue weighted by atomic mass is 9.75. The Morgan fingerprint density at radius 1 is 0.679 bits per heavy atom. The molecular weight excluding hydrogens is 346 g/mol. The summed E-state index contributed by atoms with van der Waals surface area (Å²) in [6.07, 6.45) is 10.5. The van der Waals surface area contributed by atoms with Crippen LogP contribution in [0.3, 0.4) is 0 Å². The quantitative estimate of drug-likeness (QED) is 0.654. The van der Waals surface area contributed by atoms with Crippen LogP contribution in [0.15, 0.2) is 30.6 Å². The largest absolute Gasteiger partial charge is 0.393 e. The minimum absolute atomic E-state index is 0.0289. The summed E-state index contributed by atoms with van der Waals surface area (Å²) in [4.78, 5) is 3.78. The normalized spacial score (nSPS) is 32.8. The molecule has 0 aromatic carbocycles. The molecule has 1 aromatic heterocycles. The number of aliphatic hydroxyl groups is 2. The molecule has 2 saturated carbocycles. The van der Waals surface area contributed by atoms with Crippen LogP contribution in [0.2, 0.25) is 0 Å². The van der Waals surface area contributed by atoms with Gasteiger partial charge in [-0.2, -0.15) is 0 Å². The highest BCUT2D eigenvalue weighted by Gasteiger charge is 2.29. The van der Waals surface area contributed by atoms with Crippen molar-refractivity contribution in [2.24, 2.45) is 35.5 Å². The van der Waals surface area contributed by atoms with E-state index in [0.717, 1.165) is 24.7 Å².